The number of nitrogens with one attached hydrogen (secondary N) is 2. The summed E-state index contributed by atoms with van der Waals surface area (Å²) in [5.74, 6) is -0.444. The van der Waals surface area contributed by atoms with Crippen LogP contribution >= 0.6 is 0 Å². The van der Waals surface area contributed by atoms with Gasteiger partial charge in [-0.3, -0.25) is 10.2 Å². The van der Waals surface area contributed by atoms with E-state index in [-0.39, 0.29) is 11.2 Å². The van der Waals surface area contributed by atoms with Crippen molar-refractivity contribution in [1.82, 2.24) is 10.9 Å². The minimum absolute atomic E-state index is 0.0641. The third-order valence-electron chi connectivity index (χ3n) is 1.61. The summed E-state index contributed by atoms with van der Waals surface area (Å²) >= 11 is 0. The van der Waals surface area contributed by atoms with Crippen LogP contribution in [0, 0.1) is 5.21 Å². The summed E-state index contributed by atoms with van der Waals surface area (Å²) in [5.41, 5.74) is 5.09. The van der Waals surface area contributed by atoms with Gasteiger partial charge in [0, 0.05) is 17.7 Å². The molecule has 1 aromatic rings. The van der Waals surface area contributed by atoms with Gasteiger partial charge in [-0.1, -0.05) is 0 Å². The van der Waals surface area contributed by atoms with Gasteiger partial charge in [0.25, 0.3) is 5.69 Å². The van der Waals surface area contributed by atoms with Crippen LogP contribution < -0.4 is 15.6 Å². The van der Waals surface area contributed by atoms with Gasteiger partial charge in [0.1, 0.15) is 0 Å². The van der Waals surface area contributed by atoms with Gasteiger partial charge in [0.2, 0.25) is 0 Å². The van der Waals surface area contributed by atoms with E-state index in [1.807, 2.05) is 20.8 Å². The van der Waals surface area contributed by atoms with Crippen LogP contribution in [0.1, 0.15) is 31.3 Å². The maximum atomic E-state index is 11.5. The lowest BCUT2D eigenvalue weighted by molar-refractivity contribution is -0.607. The van der Waals surface area contributed by atoms with Crippen molar-refractivity contribution in [3.63, 3.8) is 0 Å². The molecule has 0 saturated heterocycles. The van der Waals surface area contributed by atoms with Gasteiger partial charge in [-0.05, 0) is 26.8 Å². The van der Waals surface area contributed by atoms with Crippen molar-refractivity contribution in [2.45, 2.75) is 26.3 Å². The van der Waals surface area contributed by atoms with Crippen molar-refractivity contribution in [3.05, 3.63) is 35.3 Å². The summed E-state index contributed by atoms with van der Waals surface area (Å²) in [6, 6.07) is 4.67. The molecular weight excluding hydrogens is 194 g/mol. The maximum Gasteiger partial charge on any atom is 0.331 e. The molecule has 2 N–H and O–H groups in total. The highest BCUT2D eigenvalue weighted by Gasteiger charge is 2.17. The van der Waals surface area contributed by atoms with E-state index in [1.54, 1.807) is 12.1 Å². The van der Waals surface area contributed by atoms with E-state index in [2.05, 4.69) is 10.9 Å². The van der Waals surface area contributed by atoms with Crippen molar-refractivity contribution >= 4 is 5.91 Å². The van der Waals surface area contributed by atoms with Crippen LogP contribution in [0.15, 0.2) is 24.4 Å². The Bertz CT molecular complexity index is 358. The number of carbonyl (C=O) groups excluding carboxylic acids is 1. The lowest BCUT2D eigenvalue weighted by atomic mass is 10.1. The van der Waals surface area contributed by atoms with E-state index >= 15 is 0 Å². The Morgan fingerprint density at radius 3 is 2.60 bits per heavy atom. The summed E-state index contributed by atoms with van der Waals surface area (Å²) in [4.78, 5) is 11.5. The molecule has 0 fully saturated rings. The van der Waals surface area contributed by atoms with Gasteiger partial charge in [-0.25, -0.2) is 5.43 Å². The molecule has 5 nitrogen and oxygen atoms in total. The number of amides is 1. The number of carbonyl (C=O) groups is 1. The van der Waals surface area contributed by atoms with Crippen LogP contribution in [0.2, 0.25) is 0 Å². The predicted octanol–water partition coefficient (Wildman–Crippen LogP) is 0.353. The van der Waals surface area contributed by atoms with Crippen LogP contribution in [0.4, 0.5) is 0 Å². The number of hydrogen-bond acceptors (Lipinski definition) is 3. The van der Waals surface area contributed by atoms with Crippen LogP contribution in [0.5, 0.6) is 0 Å². The van der Waals surface area contributed by atoms with Gasteiger partial charge < -0.3 is 5.21 Å². The highest BCUT2D eigenvalue weighted by atomic mass is 16.5. The summed E-state index contributed by atoms with van der Waals surface area (Å²) in [6.07, 6.45) is 1.28. The van der Waals surface area contributed by atoms with Crippen molar-refractivity contribution in [2.24, 2.45) is 0 Å². The Balaban J connectivity index is 2.66. The molecule has 1 rings (SSSR count). The molecule has 0 unspecified atom stereocenters. The first kappa shape index (κ1) is 11.5. The molecule has 0 atom stereocenters. The smallest absolute Gasteiger partial charge is 0.331 e. The molecule has 1 heterocycles. The standard InChI is InChI=1S/C10H15N3O2/c1-10(2,3)12-11-9(14)8-6-4-5-7-13(8)15/h4-7,12H,1-3H3,(H,11,14). The molecule has 0 saturated carbocycles. The molecule has 1 amide bonds. The van der Waals surface area contributed by atoms with Crippen molar-refractivity contribution in [3.8, 4) is 0 Å². The molecule has 0 aliphatic rings. The Morgan fingerprint density at radius 2 is 2.07 bits per heavy atom. The first-order chi connectivity index (χ1) is 6.90. The summed E-state index contributed by atoms with van der Waals surface area (Å²) < 4.78 is 0.527. The first-order valence-electron chi connectivity index (χ1n) is 4.66. The molecule has 82 valence electrons. The molecule has 0 radical (unpaired) electrons. The molecular formula is C10H15N3O2. The normalized spacial score (nSPS) is 11.1. The second-order valence-electron chi connectivity index (χ2n) is 4.24. The Kier molecular flexibility index (Phi) is 3.26. The fourth-order valence-corrected chi connectivity index (χ4v) is 0.912. The molecule has 0 bridgehead atoms. The Hall–Kier alpha value is -1.62. The van der Waals surface area contributed by atoms with E-state index in [9.17, 15) is 10.0 Å². The number of pyridine rings is 1. The zero-order valence-electron chi connectivity index (χ0n) is 9.07. The fraction of sp³-hybridized carbons (Fsp3) is 0.400. The van der Waals surface area contributed by atoms with Gasteiger partial charge >= 0.3 is 5.91 Å². The quantitative estimate of drug-likeness (QED) is 0.419. The van der Waals surface area contributed by atoms with E-state index < -0.39 is 5.91 Å². The summed E-state index contributed by atoms with van der Waals surface area (Å²) in [6.45, 7) is 5.72. The van der Waals surface area contributed by atoms with Crippen molar-refractivity contribution in [2.75, 3.05) is 0 Å². The topological polar surface area (TPSA) is 68.1 Å². The highest BCUT2D eigenvalue weighted by molar-refractivity contribution is 5.90. The van der Waals surface area contributed by atoms with Gasteiger partial charge in [-0.15, -0.1) is 0 Å². The van der Waals surface area contributed by atoms with Gasteiger partial charge in [0.05, 0.1) is 0 Å². The lowest BCUT2D eigenvalue weighted by Crippen LogP contribution is -2.51. The number of hydrazine groups is 1. The monoisotopic (exact) mass is 209 g/mol. The average molecular weight is 209 g/mol. The molecule has 15 heavy (non-hydrogen) atoms. The minimum Gasteiger partial charge on any atom is -0.618 e. The summed E-state index contributed by atoms with van der Waals surface area (Å²) in [7, 11) is 0. The second kappa shape index (κ2) is 4.27. The van der Waals surface area contributed by atoms with Crippen molar-refractivity contribution in [1.29, 1.82) is 0 Å². The van der Waals surface area contributed by atoms with Gasteiger partial charge in [0.15, 0.2) is 6.20 Å². The zero-order valence-corrected chi connectivity index (χ0v) is 9.07. The first-order valence-corrected chi connectivity index (χ1v) is 4.66. The van der Waals surface area contributed by atoms with Gasteiger partial charge in [-0.2, -0.15) is 4.73 Å². The third-order valence-corrected chi connectivity index (χ3v) is 1.61. The predicted molar refractivity (Wildman–Crippen MR) is 55.8 cm³/mol. The maximum absolute atomic E-state index is 11.5. The zero-order chi connectivity index (χ0) is 11.5. The number of nitrogens with zero attached hydrogens (tertiary/aromatic N) is 1. The van der Waals surface area contributed by atoms with Crippen LogP contribution in [0.25, 0.3) is 0 Å². The third kappa shape index (κ3) is 3.55. The Labute approximate surface area is 88.7 Å². The minimum atomic E-state index is -0.444. The van der Waals surface area contributed by atoms with Crippen LogP contribution in [0.3, 0.4) is 0 Å². The lowest BCUT2D eigenvalue weighted by Gasteiger charge is -2.20. The molecule has 0 aromatic carbocycles. The average Bonchev–Trinajstić information content (AvgIpc) is 2.14. The van der Waals surface area contributed by atoms with Crippen molar-refractivity contribution < 1.29 is 9.52 Å². The van der Waals surface area contributed by atoms with E-state index in [4.69, 9.17) is 0 Å². The second-order valence-corrected chi connectivity index (χ2v) is 4.24. The summed E-state index contributed by atoms with van der Waals surface area (Å²) in [5, 5.41) is 11.2. The molecule has 0 spiro atoms. The van der Waals surface area contributed by atoms with Crippen LogP contribution in [-0.2, 0) is 0 Å². The molecule has 0 aliphatic heterocycles. The van der Waals surface area contributed by atoms with E-state index in [1.165, 1.54) is 12.3 Å². The SMILES string of the molecule is CC(C)(C)NNC(=O)c1cccc[n+]1[O-]. The van der Waals surface area contributed by atoms with E-state index in [0.29, 0.717) is 4.73 Å². The number of aromatic nitrogens is 1. The molecule has 0 aliphatic carbocycles. The largest absolute Gasteiger partial charge is 0.618 e. The molecule has 5 heteroatoms. The van der Waals surface area contributed by atoms with E-state index in [0.717, 1.165) is 0 Å². The number of hydrogen-bond donors (Lipinski definition) is 2. The van der Waals surface area contributed by atoms with Crippen LogP contribution in [-0.4, -0.2) is 11.4 Å². The Morgan fingerprint density at radius 1 is 1.40 bits per heavy atom. The number of rotatable bonds is 2. The highest BCUT2D eigenvalue weighted by Crippen LogP contribution is 1.96. The molecule has 1 aromatic heterocycles. The fourth-order valence-electron chi connectivity index (χ4n) is 0.912.